The van der Waals surface area contributed by atoms with Crippen LogP contribution in [0.1, 0.15) is 17.3 Å². The van der Waals surface area contributed by atoms with Gasteiger partial charge in [0.2, 0.25) is 0 Å². The molecule has 4 rings (SSSR count). The summed E-state index contributed by atoms with van der Waals surface area (Å²) in [4.78, 5) is 35.3. The molecular formula is C29H27N5O4. The van der Waals surface area contributed by atoms with E-state index in [-0.39, 0.29) is 5.91 Å². The van der Waals surface area contributed by atoms with E-state index < -0.39 is 5.91 Å². The second kappa shape index (κ2) is 12.3. The Hall–Kier alpha value is -4.94. The van der Waals surface area contributed by atoms with Gasteiger partial charge < -0.3 is 25.0 Å². The van der Waals surface area contributed by atoms with E-state index in [1.165, 1.54) is 0 Å². The highest BCUT2D eigenvalue weighted by atomic mass is 16.5. The van der Waals surface area contributed by atoms with Crippen molar-refractivity contribution < 1.29 is 19.1 Å². The second-order valence-electron chi connectivity index (χ2n) is 8.45. The number of hydrogen-bond acceptors (Lipinski definition) is 7. The monoisotopic (exact) mass is 509 g/mol. The zero-order chi connectivity index (χ0) is 26.9. The van der Waals surface area contributed by atoms with Gasteiger partial charge in [0, 0.05) is 36.0 Å². The predicted octanol–water partition coefficient (Wildman–Crippen LogP) is 4.58. The number of carbonyl (C=O) groups is 2. The molecule has 9 heteroatoms. The standard InChI is InChI=1S/C29H27N5O4/c1-4-7-28(35)32-24-18-22-23(19-26(24)37-17-16-34(2)3)30-15-13-25(22)38-21-11-9-20(10-12-21)29(36)33-27-8-5-6-14-31-27/h5-6,8-15,18-19H,16-17H2,1-3H3,(H,32,35)(H,31,33,36). The lowest BCUT2D eigenvalue weighted by atomic mass is 10.1. The van der Waals surface area contributed by atoms with Crippen LogP contribution in [-0.4, -0.2) is 53.9 Å². The summed E-state index contributed by atoms with van der Waals surface area (Å²) in [5, 5.41) is 6.21. The van der Waals surface area contributed by atoms with Crippen LogP contribution in [0.4, 0.5) is 11.5 Å². The molecule has 0 atom stereocenters. The molecule has 0 fully saturated rings. The molecule has 0 aliphatic rings. The van der Waals surface area contributed by atoms with Gasteiger partial charge in [-0.2, -0.15) is 0 Å². The summed E-state index contributed by atoms with van der Waals surface area (Å²) in [5.41, 5.74) is 1.56. The van der Waals surface area contributed by atoms with Gasteiger partial charge in [0.05, 0.1) is 11.2 Å². The topological polar surface area (TPSA) is 106 Å². The summed E-state index contributed by atoms with van der Waals surface area (Å²) in [7, 11) is 3.90. The van der Waals surface area contributed by atoms with Gasteiger partial charge in [-0.1, -0.05) is 12.0 Å². The number of nitrogens with zero attached hydrogens (tertiary/aromatic N) is 3. The summed E-state index contributed by atoms with van der Waals surface area (Å²) in [6.07, 6.45) is 3.25. The quantitative estimate of drug-likeness (QED) is 0.318. The summed E-state index contributed by atoms with van der Waals surface area (Å²) in [5.74, 6) is 6.36. The Bertz CT molecular complexity index is 1490. The number of benzene rings is 2. The molecule has 2 aromatic carbocycles. The van der Waals surface area contributed by atoms with Crippen molar-refractivity contribution >= 4 is 34.2 Å². The first-order chi connectivity index (χ1) is 18.4. The van der Waals surface area contributed by atoms with Gasteiger partial charge in [-0.15, -0.1) is 0 Å². The molecule has 0 aliphatic heterocycles. The van der Waals surface area contributed by atoms with Crippen molar-refractivity contribution in [2.24, 2.45) is 0 Å². The fraction of sp³-hybridized carbons (Fsp3) is 0.172. The average Bonchev–Trinajstić information content (AvgIpc) is 2.90. The third kappa shape index (κ3) is 6.84. The summed E-state index contributed by atoms with van der Waals surface area (Å²) >= 11 is 0. The zero-order valence-corrected chi connectivity index (χ0v) is 21.3. The van der Waals surface area contributed by atoms with Crippen molar-refractivity contribution in [2.45, 2.75) is 6.92 Å². The Balaban J connectivity index is 1.58. The largest absolute Gasteiger partial charge is 0.490 e. The molecule has 192 valence electrons. The number of amides is 2. The first kappa shape index (κ1) is 26.1. The molecule has 2 aromatic heterocycles. The van der Waals surface area contributed by atoms with Gasteiger partial charge in [0.25, 0.3) is 11.8 Å². The molecule has 0 bridgehead atoms. The lowest BCUT2D eigenvalue weighted by Crippen LogP contribution is -2.20. The van der Waals surface area contributed by atoms with Crippen LogP contribution in [0, 0.1) is 11.8 Å². The Morgan fingerprint density at radius 1 is 0.947 bits per heavy atom. The molecule has 2 heterocycles. The summed E-state index contributed by atoms with van der Waals surface area (Å²) in [6.45, 7) is 2.72. The van der Waals surface area contributed by atoms with Crippen LogP contribution in [0.5, 0.6) is 17.2 Å². The van der Waals surface area contributed by atoms with Crippen molar-refractivity contribution in [3.63, 3.8) is 0 Å². The normalized spacial score (nSPS) is 10.4. The van der Waals surface area contributed by atoms with E-state index >= 15 is 0 Å². The molecule has 0 aliphatic carbocycles. The van der Waals surface area contributed by atoms with Gasteiger partial charge in [-0.05, 0) is 75.5 Å². The van der Waals surface area contributed by atoms with Crippen LogP contribution in [0.25, 0.3) is 10.9 Å². The Morgan fingerprint density at radius 3 is 2.47 bits per heavy atom. The SMILES string of the molecule is CC#CC(=O)Nc1cc2c(Oc3ccc(C(=O)Nc4ccccn4)cc3)ccnc2cc1OCCN(C)C. The van der Waals surface area contributed by atoms with Crippen molar-refractivity contribution in [3.05, 3.63) is 78.6 Å². The maximum Gasteiger partial charge on any atom is 0.300 e. The van der Waals surface area contributed by atoms with Crippen molar-refractivity contribution in [2.75, 3.05) is 37.9 Å². The van der Waals surface area contributed by atoms with Gasteiger partial charge in [-0.25, -0.2) is 4.98 Å². The van der Waals surface area contributed by atoms with Crippen LogP contribution in [0.15, 0.2) is 73.1 Å². The third-order valence-electron chi connectivity index (χ3n) is 5.34. The average molecular weight is 510 g/mol. The number of hydrogen-bond donors (Lipinski definition) is 2. The first-order valence-corrected chi connectivity index (χ1v) is 11.9. The first-order valence-electron chi connectivity index (χ1n) is 11.9. The number of likely N-dealkylation sites (N-methyl/N-ethyl adjacent to an activating group) is 1. The highest BCUT2D eigenvalue weighted by molar-refractivity contribution is 6.06. The molecule has 0 spiro atoms. The Labute approximate surface area is 220 Å². The van der Waals surface area contributed by atoms with Crippen LogP contribution >= 0.6 is 0 Å². The number of rotatable bonds is 9. The Morgan fingerprint density at radius 2 is 1.76 bits per heavy atom. The van der Waals surface area contributed by atoms with Crippen LogP contribution in [0.3, 0.4) is 0 Å². The molecule has 38 heavy (non-hydrogen) atoms. The fourth-order valence-corrected chi connectivity index (χ4v) is 3.49. The van der Waals surface area contributed by atoms with E-state index in [1.807, 2.05) is 19.0 Å². The molecule has 2 N–H and O–H groups in total. The molecular weight excluding hydrogens is 482 g/mol. The molecule has 4 aromatic rings. The molecule has 0 radical (unpaired) electrons. The van der Waals surface area contributed by atoms with Crippen LogP contribution in [-0.2, 0) is 4.79 Å². The minimum atomic E-state index is -0.449. The third-order valence-corrected chi connectivity index (χ3v) is 5.34. The number of pyridine rings is 2. The lowest BCUT2D eigenvalue weighted by molar-refractivity contribution is -0.111. The molecule has 0 saturated carbocycles. The highest BCUT2D eigenvalue weighted by Crippen LogP contribution is 2.36. The fourth-order valence-electron chi connectivity index (χ4n) is 3.49. The second-order valence-corrected chi connectivity index (χ2v) is 8.45. The lowest BCUT2D eigenvalue weighted by Gasteiger charge is -2.16. The maximum atomic E-state index is 12.5. The molecule has 2 amide bonds. The number of carbonyl (C=O) groups excluding carboxylic acids is 2. The highest BCUT2D eigenvalue weighted by Gasteiger charge is 2.14. The summed E-state index contributed by atoms with van der Waals surface area (Å²) in [6, 6.07) is 17.3. The van der Waals surface area contributed by atoms with Crippen molar-refractivity contribution in [3.8, 4) is 29.1 Å². The molecule has 9 nitrogen and oxygen atoms in total. The minimum Gasteiger partial charge on any atom is -0.490 e. The van der Waals surface area contributed by atoms with Gasteiger partial charge in [0.15, 0.2) is 0 Å². The minimum absolute atomic E-state index is 0.276. The van der Waals surface area contributed by atoms with Crippen LogP contribution < -0.4 is 20.1 Å². The number of aromatic nitrogens is 2. The molecule has 0 unspecified atom stereocenters. The predicted molar refractivity (Wildman–Crippen MR) is 147 cm³/mol. The van der Waals surface area contributed by atoms with E-state index in [9.17, 15) is 9.59 Å². The van der Waals surface area contributed by atoms with Crippen molar-refractivity contribution in [1.29, 1.82) is 0 Å². The van der Waals surface area contributed by atoms with E-state index in [2.05, 4.69) is 32.4 Å². The number of nitrogens with one attached hydrogen (secondary N) is 2. The molecule has 0 saturated heterocycles. The number of ether oxygens (including phenoxy) is 2. The van der Waals surface area contributed by atoms with Crippen LogP contribution in [0.2, 0.25) is 0 Å². The van der Waals surface area contributed by atoms with Gasteiger partial charge in [-0.3, -0.25) is 14.6 Å². The van der Waals surface area contributed by atoms with E-state index in [0.717, 1.165) is 0 Å². The number of anilines is 2. The van der Waals surface area contributed by atoms with E-state index in [1.54, 1.807) is 80.0 Å². The van der Waals surface area contributed by atoms with Gasteiger partial charge >= 0.3 is 0 Å². The van der Waals surface area contributed by atoms with Crippen molar-refractivity contribution in [1.82, 2.24) is 14.9 Å². The van der Waals surface area contributed by atoms with Gasteiger partial charge in [0.1, 0.15) is 29.7 Å². The van der Waals surface area contributed by atoms with E-state index in [0.29, 0.717) is 58.4 Å². The number of fused-ring (bicyclic) bond motifs is 1. The summed E-state index contributed by atoms with van der Waals surface area (Å²) < 4.78 is 12.1. The zero-order valence-electron chi connectivity index (χ0n) is 21.3. The van der Waals surface area contributed by atoms with E-state index in [4.69, 9.17) is 9.47 Å². The Kier molecular flexibility index (Phi) is 8.49. The smallest absolute Gasteiger partial charge is 0.300 e. The maximum absolute atomic E-state index is 12.5.